The Morgan fingerprint density at radius 2 is 1.71 bits per heavy atom. The molecule has 5 rings (SSSR count). The Bertz CT molecular complexity index is 1370. The summed E-state index contributed by atoms with van der Waals surface area (Å²) in [6.45, 7) is 6.12. The van der Waals surface area contributed by atoms with Gasteiger partial charge in [-0.1, -0.05) is 24.3 Å². The summed E-state index contributed by atoms with van der Waals surface area (Å²) in [6, 6.07) is 27.5. The number of nitrogens with one attached hydrogen (secondary N) is 2. The minimum atomic E-state index is -0.0177. The van der Waals surface area contributed by atoms with Crippen LogP contribution in [0, 0.1) is 13.8 Å². The summed E-state index contributed by atoms with van der Waals surface area (Å²) in [5.41, 5.74) is 8.21. The van der Waals surface area contributed by atoms with Gasteiger partial charge in [0.2, 0.25) is 0 Å². The molecule has 0 aliphatic carbocycles. The van der Waals surface area contributed by atoms with E-state index in [0.717, 1.165) is 36.0 Å². The van der Waals surface area contributed by atoms with Crippen LogP contribution in [-0.2, 0) is 0 Å². The summed E-state index contributed by atoms with van der Waals surface area (Å²) >= 11 is 5.91. The smallest absolute Gasteiger partial charge is 0.170 e. The first-order chi connectivity index (χ1) is 18.4. The van der Waals surface area contributed by atoms with Crippen molar-refractivity contribution in [2.24, 2.45) is 0 Å². The highest BCUT2D eigenvalue weighted by Crippen LogP contribution is 2.41. The lowest BCUT2D eigenvalue weighted by Gasteiger charge is -2.28. The maximum atomic E-state index is 5.91. The van der Waals surface area contributed by atoms with Crippen molar-refractivity contribution in [1.29, 1.82) is 0 Å². The van der Waals surface area contributed by atoms with Crippen LogP contribution in [0.25, 0.3) is 5.69 Å². The summed E-state index contributed by atoms with van der Waals surface area (Å²) in [5.74, 6) is 0. The van der Waals surface area contributed by atoms with E-state index >= 15 is 0 Å². The van der Waals surface area contributed by atoms with Crippen molar-refractivity contribution in [3.05, 3.63) is 108 Å². The predicted octanol–water partition coefficient (Wildman–Crippen LogP) is 6.03. The second-order valence-electron chi connectivity index (χ2n) is 10.0. The van der Waals surface area contributed by atoms with Gasteiger partial charge >= 0.3 is 0 Å². The first-order valence-corrected chi connectivity index (χ1v) is 13.6. The normalized spacial score (nSPS) is 16.9. The molecule has 2 atom stereocenters. The molecule has 1 aliphatic rings. The Kier molecular flexibility index (Phi) is 7.65. The van der Waals surface area contributed by atoms with Gasteiger partial charge in [0, 0.05) is 61.8 Å². The lowest BCUT2D eigenvalue weighted by atomic mass is 9.96. The zero-order valence-corrected chi connectivity index (χ0v) is 23.4. The van der Waals surface area contributed by atoms with Gasteiger partial charge in [-0.05, 0) is 92.6 Å². The fraction of sp³-hybridized carbons (Fsp3) is 0.290. The average molecular weight is 525 g/mol. The number of benzene rings is 2. The Balaban J connectivity index is 1.45. The summed E-state index contributed by atoms with van der Waals surface area (Å²) in [5, 5.41) is 7.91. The van der Waals surface area contributed by atoms with Crippen molar-refractivity contribution in [2.45, 2.75) is 32.4 Å². The van der Waals surface area contributed by atoms with Crippen LogP contribution in [0.3, 0.4) is 0 Å². The standard InChI is InChI=1S/C31H36N6S/c1-22-21-27(23(2)37(22)26-16-14-25(15-17-26)35(3)4)30-29(28-13-8-9-18-33-28)34-31(38)36(30)20-10-19-32-24-11-6-5-7-12-24/h5-9,11-18,21,29-30,32H,10,19-20H2,1-4H3,(H,34,38)/t29-,30+/m1/s1. The molecule has 2 aromatic heterocycles. The SMILES string of the molecule is Cc1cc([C@H]2[C@@H](c3ccccn3)NC(=S)N2CCCNc2ccccc2)c(C)n1-c1ccc(N(C)C)cc1. The third kappa shape index (κ3) is 5.24. The van der Waals surface area contributed by atoms with Gasteiger partial charge in [-0.3, -0.25) is 4.98 Å². The Morgan fingerprint density at radius 1 is 0.974 bits per heavy atom. The maximum Gasteiger partial charge on any atom is 0.170 e. The van der Waals surface area contributed by atoms with E-state index in [2.05, 4.69) is 114 Å². The van der Waals surface area contributed by atoms with Crippen LogP contribution in [0.4, 0.5) is 11.4 Å². The Labute approximate surface area is 231 Å². The van der Waals surface area contributed by atoms with Crippen LogP contribution < -0.4 is 15.5 Å². The first-order valence-electron chi connectivity index (χ1n) is 13.2. The van der Waals surface area contributed by atoms with E-state index in [1.807, 2.05) is 24.4 Å². The van der Waals surface area contributed by atoms with Crippen molar-refractivity contribution in [1.82, 2.24) is 19.8 Å². The van der Waals surface area contributed by atoms with Gasteiger partial charge in [-0.2, -0.15) is 0 Å². The van der Waals surface area contributed by atoms with Gasteiger partial charge in [0.05, 0.1) is 17.8 Å². The minimum Gasteiger partial charge on any atom is -0.385 e. The second-order valence-corrected chi connectivity index (χ2v) is 10.4. The van der Waals surface area contributed by atoms with E-state index in [0.29, 0.717) is 0 Å². The lowest BCUT2D eigenvalue weighted by molar-refractivity contribution is 0.315. The molecule has 196 valence electrons. The fourth-order valence-electron chi connectivity index (χ4n) is 5.41. The van der Waals surface area contributed by atoms with Crippen molar-refractivity contribution >= 4 is 28.7 Å². The number of aromatic nitrogens is 2. The summed E-state index contributed by atoms with van der Waals surface area (Å²) in [6.07, 6.45) is 2.83. The third-order valence-corrected chi connectivity index (χ3v) is 7.64. The molecule has 1 saturated heterocycles. The zero-order chi connectivity index (χ0) is 26.6. The Morgan fingerprint density at radius 3 is 2.39 bits per heavy atom. The van der Waals surface area contributed by atoms with Crippen molar-refractivity contribution in [3.8, 4) is 5.69 Å². The molecular weight excluding hydrogens is 488 g/mol. The number of hydrogen-bond donors (Lipinski definition) is 2. The highest BCUT2D eigenvalue weighted by atomic mass is 32.1. The van der Waals surface area contributed by atoms with Gasteiger partial charge in [0.1, 0.15) is 0 Å². The number of para-hydroxylation sites is 1. The van der Waals surface area contributed by atoms with Crippen LogP contribution in [0.5, 0.6) is 0 Å². The number of hydrogen-bond acceptors (Lipinski definition) is 4. The predicted molar refractivity (Wildman–Crippen MR) is 161 cm³/mol. The Hall–Kier alpha value is -3.84. The van der Waals surface area contributed by atoms with E-state index in [9.17, 15) is 0 Å². The summed E-state index contributed by atoms with van der Waals surface area (Å²) < 4.78 is 2.35. The number of thiocarbonyl (C=S) groups is 1. The van der Waals surface area contributed by atoms with E-state index in [4.69, 9.17) is 17.2 Å². The van der Waals surface area contributed by atoms with E-state index < -0.39 is 0 Å². The van der Waals surface area contributed by atoms with Gasteiger partial charge < -0.3 is 25.0 Å². The molecule has 3 heterocycles. The molecule has 1 aliphatic heterocycles. The topological polar surface area (TPSA) is 48.4 Å². The van der Waals surface area contributed by atoms with Crippen LogP contribution in [-0.4, -0.2) is 46.7 Å². The molecule has 0 radical (unpaired) electrons. The second kappa shape index (κ2) is 11.3. The number of nitrogens with zero attached hydrogens (tertiary/aromatic N) is 4. The molecule has 4 aromatic rings. The number of pyridine rings is 1. The van der Waals surface area contributed by atoms with Crippen LogP contribution in [0.15, 0.2) is 85.1 Å². The zero-order valence-electron chi connectivity index (χ0n) is 22.6. The summed E-state index contributed by atoms with van der Waals surface area (Å²) in [7, 11) is 4.13. The number of aryl methyl sites for hydroxylation is 1. The van der Waals surface area contributed by atoms with Gasteiger partial charge in [0.15, 0.2) is 5.11 Å². The first kappa shape index (κ1) is 25.8. The average Bonchev–Trinajstić information content (AvgIpc) is 3.42. The maximum absolute atomic E-state index is 5.91. The molecule has 1 fully saturated rings. The fourth-order valence-corrected chi connectivity index (χ4v) is 5.74. The molecule has 0 amide bonds. The lowest BCUT2D eigenvalue weighted by Crippen LogP contribution is -2.31. The van der Waals surface area contributed by atoms with Gasteiger partial charge in [0.25, 0.3) is 0 Å². The highest BCUT2D eigenvalue weighted by molar-refractivity contribution is 7.80. The number of rotatable bonds is 9. The quantitative estimate of drug-likeness (QED) is 0.206. The summed E-state index contributed by atoms with van der Waals surface area (Å²) in [4.78, 5) is 9.18. The van der Waals surface area contributed by atoms with E-state index in [1.165, 1.54) is 28.3 Å². The molecule has 7 heteroatoms. The largest absolute Gasteiger partial charge is 0.385 e. The van der Waals surface area contributed by atoms with E-state index in [1.54, 1.807) is 0 Å². The van der Waals surface area contributed by atoms with Crippen LogP contribution >= 0.6 is 12.2 Å². The van der Waals surface area contributed by atoms with E-state index in [-0.39, 0.29) is 12.1 Å². The van der Waals surface area contributed by atoms with Gasteiger partial charge in [-0.25, -0.2) is 0 Å². The molecule has 0 unspecified atom stereocenters. The molecule has 0 bridgehead atoms. The molecule has 2 N–H and O–H groups in total. The molecule has 6 nitrogen and oxygen atoms in total. The van der Waals surface area contributed by atoms with Crippen molar-refractivity contribution in [3.63, 3.8) is 0 Å². The molecule has 0 saturated carbocycles. The monoisotopic (exact) mass is 524 g/mol. The molecule has 38 heavy (non-hydrogen) atoms. The highest BCUT2D eigenvalue weighted by Gasteiger charge is 2.41. The molecule has 0 spiro atoms. The third-order valence-electron chi connectivity index (χ3n) is 7.29. The van der Waals surface area contributed by atoms with Crippen molar-refractivity contribution < 1.29 is 0 Å². The minimum absolute atomic E-state index is 0.0177. The van der Waals surface area contributed by atoms with Crippen LogP contribution in [0.1, 0.15) is 41.1 Å². The van der Waals surface area contributed by atoms with Crippen LogP contribution in [0.2, 0.25) is 0 Å². The molecular formula is C31H36N6S. The molecule has 2 aromatic carbocycles. The van der Waals surface area contributed by atoms with Crippen molar-refractivity contribution in [2.75, 3.05) is 37.4 Å². The van der Waals surface area contributed by atoms with Gasteiger partial charge in [-0.15, -0.1) is 0 Å². The number of anilines is 2.